The lowest BCUT2D eigenvalue weighted by Gasteiger charge is -2.28. The minimum atomic E-state index is 1.04. The van der Waals surface area contributed by atoms with Gasteiger partial charge in [0, 0.05) is 37.8 Å². The summed E-state index contributed by atoms with van der Waals surface area (Å²) in [5.74, 6) is 1.10. The van der Waals surface area contributed by atoms with Crippen LogP contribution < -0.4 is 10.2 Å². The lowest BCUT2D eigenvalue weighted by molar-refractivity contribution is 0.585. The molecule has 1 fully saturated rings. The molecule has 18 heavy (non-hydrogen) atoms. The first-order valence-corrected chi connectivity index (χ1v) is 6.57. The maximum Gasteiger partial charge on any atom is 0.129 e. The first kappa shape index (κ1) is 11.5. The molecule has 94 valence electrons. The Morgan fingerprint density at radius 2 is 1.67 bits per heavy atom. The van der Waals surface area contributed by atoms with Crippen LogP contribution in [-0.2, 0) is 0 Å². The van der Waals surface area contributed by atoms with E-state index in [-0.39, 0.29) is 0 Å². The van der Waals surface area contributed by atoms with Crippen molar-refractivity contribution in [3.63, 3.8) is 0 Å². The summed E-state index contributed by atoms with van der Waals surface area (Å²) in [5, 5.41) is 5.90. The number of fused-ring (bicyclic) bond motifs is 1. The van der Waals surface area contributed by atoms with Crippen molar-refractivity contribution in [3.8, 4) is 0 Å². The van der Waals surface area contributed by atoms with E-state index in [4.69, 9.17) is 0 Å². The molecule has 0 radical (unpaired) electrons. The third-order valence-electron chi connectivity index (χ3n) is 3.76. The Labute approximate surface area is 108 Å². The molecule has 1 saturated heterocycles. The number of rotatable bonds is 1. The highest BCUT2D eigenvalue weighted by Crippen LogP contribution is 2.22. The number of nitrogens with zero attached hydrogens (tertiary/aromatic N) is 2. The van der Waals surface area contributed by atoms with Crippen LogP contribution in [-0.4, -0.2) is 31.2 Å². The van der Waals surface area contributed by atoms with E-state index >= 15 is 0 Å². The molecule has 3 heteroatoms. The first-order chi connectivity index (χ1) is 8.74. The van der Waals surface area contributed by atoms with E-state index in [1.54, 1.807) is 0 Å². The average molecular weight is 241 g/mol. The van der Waals surface area contributed by atoms with Gasteiger partial charge in [0.15, 0.2) is 0 Å². The monoisotopic (exact) mass is 241 g/mol. The van der Waals surface area contributed by atoms with E-state index in [1.165, 1.54) is 21.9 Å². The van der Waals surface area contributed by atoms with Gasteiger partial charge in [0.1, 0.15) is 5.82 Å². The highest BCUT2D eigenvalue weighted by molar-refractivity contribution is 5.85. The normalized spacial score (nSPS) is 16.2. The fourth-order valence-corrected chi connectivity index (χ4v) is 2.48. The SMILES string of the molecule is Cc1cc2cnc(N3CCNCC3)cc2cc1C. The van der Waals surface area contributed by atoms with Crippen molar-refractivity contribution < 1.29 is 0 Å². The molecule has 1 aromatic carbocycles. The quantitative estimate of drug-likeness (QED) is 0.830. The number of pyridine rings is 1. The van der Waals surface area contributed by atoms with Crippen molar-refractivity contribution in [1.29, 1.82) is 0 Å². The lowest BCUT2D eigenvalue weighted by atomic mass is 10.0. The average Bonchev–Trinajstić information content (AvgIpc) is 2.41. The fraction of sp³-hybridized carbons (Fsp3) is 0.400. The van der Waals surface area contributed by atoms with Crippen LogP contribution in [0.25, 0.3) is 10.8 Å². The number of benzene rings is 1. The van der Waals surface area contributed by atoms with E-state index in [9.17, 15) is 0 Å². The minimum Gasteiger partial charge on any atom is -0.354 e. The van der Waals surface area contributed by atoms with Gasteiger partial charge >= 0.3 is 0 Å². The zero-order valence-corrected chi connectivity index (χ0v) is 11.0. The number of aromatic nitrogens is 1. The molecule has 0 spiro atoms. The Balaban J connectivity index is 2.02. The van der Waals surface area contributed by atoms with E-state index in [1.807, 2.05) is 6.20 Å². The van der Waals surface area contributed by atoms with Gasteiger partial charge in [0.05, 0.1) is 0 Å². The molecule has 1 aliphatic heterocycles. The number of piperazine rings is 1. The van der Waals surface area contributed by atoms with Gasteiger partial charge in [0.25, 0.3) is 0 Å². The van der Waals surface area contributed by atoms with Crippen molar-refractivity contribution in [2.75, 3.05) is 31.1 Å². The van der Waals surface area contributed by atoms with Crippen LogP contribution in [0.2, 0.25) is 0 Å². The van der Waals surface area contributed by atoms with Crippen molar-refractivity contribution >= 4 is 16.6 Å². The number of hydrogen-bond acceptors (Lipinski definition) is 3. The summed E-state index contributed by atoms with van der Waals surface area (Å²) in [6, 6.07) is 6.70. The molecular formula is C15H19N3. The molecule has 0 amide bonds. The third kappa shape index (κ3) is 2.06. The second kappa shape index (κ2) is 4.58. The Hall–Kier alpha value is -1.61. The Morgan fingerprint density at radius 1 is 1.00 bits per heavy atom. The summed E-state index contributed by atoms with van der Waals surface area (Å²) in [7, 11) is 0. The molecule has 2 heterocycles. The standard InChI is InChI=1S/C15H19N3/c1-11-7-13-9-15(18-5-3-16-4-6-18)17-10-14(13)8-12(11)2/h7-10,16H,3-6H2,1-2H3. The molecule has 2 aromatic rings. The number of hydrogen-bond donors (Lipinski definition) is 1. The van der Waals surface area contributed by atoms with Crippen molar-refractivity contribution in [3.05, 3.63) is 35.5 Å². The zero-order valence-electron chi connectivity index (χ0n) is 11.0. The Kier molecular flexibility index (Phi) is 2.92. The summed E-state index contributed by atoms with van der Waals surface area (Å²) >= 11 is 0. The summed E-state index contributed by atoms with van der Waals surface area (Å²) < 4.78 is 0. The molecule has 1 aliphatic rings. The summed E-state index contributed by atoms with van der Waals surface area (Å²) in [4.78, 5) is 6.95. The van der Waals surface area contributed by atoms with Crippen LogP contribution in [0.5, 0.6) is 0 Å². The van der Waals surface area contributed by atoms with Gasteiger partial charge in [-0.05, 0) is 42.5 Å². The number of aryl methyl sites for hydroxylation is 2. The van der Waals surface area contributed by atoms with Gasteiger partial charge in [-0.2, -0.15) is 0 Å². The largest absolute Gasteiger partial charge is 0.354 e. The maximum absolute atomic E-state index is 4.60. The molecule has 0 atom stereocenters. The van der Waals surface area contributed by atoms with Crippen molar-refractivity contribution in [1.82, 2.24) is 10.3 Å². The summed E-state index contributed by atoms with van der Waals surface area (Å²) in [6.07, 6.45) is 2.00. The van der Waals surface area contributed by atoms with Gasteiger partial charge in [0.2, 0.25) is 0 Å². The second-order valence-corrected chi connectivity index (χ2v) is 5.06. The third-order valence-corrected chi connectivity index (χ3v) is 3.76. The van der Waals surface area contributed by atoms with Gasteiger partial charge in [-0.15, -0.1) is 0 Å². The number of anilines is 1. The highest BCUT2D eigenvalue weighted by Gasteiger charge is 2.12. The van der Waals surface area contributed by atoms with Gasteiger partial charge < -0.3 is 10.2 Å². The van der Waals surface area contributed by atoms with Crippen LogP contribution in [0.15, 0.2) is 24.4 Å². The lowest BCUT2D eigenvalue weighted by Crippen LogP contribution is -2.43. The van der Waals surface area contributed by atoms with Crippen LogP contribution >= 0.6 is 0 Å². The zero-order chi connectivity index (χ0) is 12.5. The molecular weight excluding hydrogens is 222 g/mol. The highest BCUT2D eigenvalue weighted by atomic mass is 15.2. The molecule has 1 N–H and O–H groups in total. The smallest absolute Gasteiger partial charge is 0.129 e. The molecule has 0 aliphatic carbocycles. The maximum atomic E-state index is 4.60. The number of nitrogens with one attached hydrogen (secondary N) is 1. The van der Waals surface area contributed by atoms with Crippen LogP contribution in [0.1, 0.15) is 11.1 Å². The molecule has 0 bridgehead atoms. The van der Waals surface area contributed by atoms with Crippen LogP contribution in [0, 0.1) is 13.8 Å². The minimum absolute atomic E-state index is 1.04. The molecule has 3 rings (SSSR count). The van der Waals surface area contributed by atoms with Gasteiger partial charge in [-0.25, -0.2) is 4.98 Å². The van der Waals surface area contributed by atoms with E-state index in [0.29, 0.717) is 0 Å². The van der Waals surface area contributed by atoms with Crippen molar-refractivity contribution in [2.45, 2.75) is 13.8 Å². The van der Waals surface area contributed by atoms with E-state index in [0.717, 1.165) is 32.0 Å². The van der Waals surface area contributed by atoms with Crippen LogP contribution in [0.3, 0.4) is 0 Å². The molecule has 0 unspecified atom stereocenters. The predicted octanol–water partition coefficient (Wildman–Crippen LogP) is 2.26. The second-order valence-electron chi connectivity index (χ2n) is 5.06. The van der Waals surface area contributed by atoms with Crippen LogP contribution in [0.4, 0.5) is 5.82 Å². The Bertz CT molecular complexity index is 571. The molecule has 0 saturated carbocycles. The Morgan fingerprint density at radius 3 is 2.39 bits per heavy atom. The first-order valence-electron chi connectivity index (χ1n) is 6.57. The molecule has 3 nitrogen and oxygen atoms in total. The van der Waals surface area contributed by atoms with Gasteiger partial charge in [-0.3, -0.25) is 0 Å². The predicted molar refractivity (Wildman–Crippen MR) is 76.3 cm³/mol. The van der Waals surface area contributed by atoms with E-state index < -0.39 is 0 Å². The van der Waals surface area contributed by atoms with E-state index in [2.05, 4.69) is 47.2 Å². The summed E-state index contributed by atoms with van der Waals surface area (Å²) in [6.45, 7) is 8.50. The van der Waals surface area contributed by atoms with Gasteiger partial charge in [-0.1, -0.05) is 6.07 Å². The summed E-state index contributed by atoms with van der Waals surface area (Å²) in [5.41, 5.74) is 2.68. The fourth-order valence-electron chi connectivity index (χ4n) is 2.48. The van der Waals surface area contributed by atoms with Crippen molar-refractivity contribution in [2.24, 2.45) is 0 Å². The topological polar surface area (TPSA) is 28.2 Å². The molecule has 1 aromatic heterocycles.